The van der Waals surface area contributed by atoms with E-state index in [4.69, 9.17) is 9.47 Å². The van der Waals surface area contributed by atoms with E-state index >= 15 is 0 Å². The third-order valence-corrected chi connectivity index (χ3v) is 22.6. The molecule has 2 N–H and O–H groups in total. The molecule has 0 spiro atoms. The van der Waals surface area contributed by atoms with Gasteiger partial charge in [-0.2, -0.15) is 0 Å². The normalized spacial score (nSPS) is 50.9. The molecule has 8 nitrogen and oxygen atoms in total. The molecule has 1 aromatic carbocycles. The number of ether oxygens (including phenoxy) is 2. The fourth-order valence-electron chi connectivity index (χ4n) is 17.9. The second kappa shape index (κ2) is 12.3. The summed E-state index contributed by atoms with van der Waals surface area (Å²) in [5.74, 6) is -1.63. The second-order valence-corrected chi connectivity index (χ2v) is 25.3. The Morgan fingerprint density at radius 3 is 2.00 bits per heavy atom. The van der Waals surface area contributed by atoms with Gasteiger partial charge < -0.3 is 19.7 Å². The average molecular weight is 871 g/mol. The van der Waals surface area contributed by atoms with Gasteiger partial charge in [0.05, 0.1) is 0 Å². The molecular formula is C56H70O8. The third-order valence-electron chi connectivity index (χ3n) is 22.6. The highest BCUT2D eigenvalue weighted by molar-refractivity contribution is 6.10. The van der Waals surface area contributed by atoms with E-state index in [0.717, 1.165) is 80.9 Å². The smallest absolute Gasteiger partial charge is 0.317 e. The van der Waals surface area contributed by atoms with E-state index in [0.29, 0.717) is 40.6 Å². The van der Waals surface area contributed by atoms with Crippen molar-refractivity contribution in [1.82, 2.24) is 0 Å². The first-order valence-electron chi connectivity index (χ1n) is 24.6. The van der Waals surface area contributed by atoms with E-state index in [9.17, 15) is 29.4 Å². The van der Waals surface area contributed by atoms with Crippen LogP contribution in [-0.2, 0) is 19.8 Å². The summed E-state index contributed by atoms with van der Waals surface area (Å²) in [6.45, 7) is 26.2. The van der Waals surface area contributed by atoms with Crippen molar-refractivity contribution in [2.75, 3.05) is 0 Å². The molecule has 11 rings (SSSR count). The summed E-state index contributed by atoms with van der Waals surface area (Å²) < 4.78 is 13.8. The van der Waals surface area contributed by atoms with E-state index in [1.807, 2.05) is 32.1 Å². The van der Waals surface area contributed by atoms with Crippen LogP contribution in [0.5, 0.6) is 11.5 Å². The van der Waals surface area contributed by atoms with Gasteiger partial charge in [-0.1, -0.05) is 87.0 Å². The maximum Gasteiger partial charge on any atom is 0.317 e. The molecule has 9 aliphatic carbocycles. The van der Waals surface area contributed by atoms with Crippen molar-refractivity contribution in [2.24, 2.45) is 61.6 Å². The first-order chi connectivity index (χ1) is 29.6. The molecule has 6 fully saturated rings. The Bertz CT molecular complexity index is 2580. The summed E-state index contributed by atoms with van der Waals surface area (Å²) in [5, 5.41) is 24.3. The lowest BCUT2D eigenvalue weighted by molar-refractivity contribution is -0.231. The van der Waals surface area contributed by atoms with Crippen LogP contribution >= 0.6 is 0 Å². The fourth-order valence-corrected chi connectivity index (χ4v) is 17.9. The van der Waals surface area contributed by atoms with Gasteiger partial charge in [0.1, 0.15) is 11.9 Å². The predicted octanol–water partition coefficient (Wildman–Crippen LogP) is 10.4. The van der Waals surface area contributed by atoms with Crippen LogP contribution in [0, 0.1) is 68.5 Å². The van der Waals surface area contributed by atoms with Gasteiger partial charge in [-0.15, -0.1) is 0 Å². The number of Topliss-reactive ketones (excluding diaryl/α,β-unsaturated/α-hetero) is 2. The zero-order valence-electron chi connectivity index (χ0n) is 40.4. The standard InChI is InChI=1S/C56H70O8/c1-29-23-39-47(4,28-36(29)58)15-19-53(10)41-27-35(57)43-31(3)45-37(25-34(43)49(41,6)17-20-52(39,53)9)63-56(62)42(59)26-33-32(55(56,12)64-45)13-14-38-48(33,5)16-21-54(11)40-24-30(2)44(60)46(61)50(40,7)18-22-51(38,54)8/h13-14,25-27,29-30,39-40,46,61-62H,15-24,28H2,1-12H3/t29-,30-,39+,40-,46-,47+,48+,49+,50-,51-,52+,53-,54+,55+,56-/m1/s1. The van der Waals surface area contributed by atoms with Crippen molar-refractivity contribution in [3.05, 3.63) is 69.4 Å². The van der Waals surface area contributed by atoms with Gasteiger partial charge in [0.2, 0.25) is 11.4 Å². The highest BCUT2D eigenvalue weighted by atomic mass is 16.7. The Labute approximate surface area is 379 Å². The number of aliphatic hydroxyl groups is 2. The molecular weight excluding hydrogens is 801 g/mol. The van der Waals surface area contributed by atoms with Gasteiger partial charge >= 0.3 is 5.79 Å². The van der Waals surface area contributed by atoms with Gasteiger partial charge in [0.25, 0.3) is 0 Å². The summed E-state index contributed by atoms with van der Waals surface area (Å²) in [5.41, 5.74) is 2.02. The van der Waals surface area contributed by atoms with Gasteiger partial charge in [-0.05, 0) is 152 Å². The predicted molar refractivity (Wildman–Crippen MR) is 244 cm³/mol. The summed E-state index contributed by atoms with van der Waals surface area (Å²) >= 11 is 0. The molecule has 1 aromatic rings. The molecule has 8 heteroatoms. The summed E-state index contributed by atoms with van der Waals surface area (Å²) in [6, 6.07) is 1.90. The van der Waals surface area contributed by atoms with Gasteiger partial charge in [-0.3, -0.25) is 19.2 Å². The van der Waals surface area contributed by atoms with E-state index < -0.39 is 39.5 Å². The molecule has 6 saturated carbocycles. The molecule has 64 heavy (non-hydrogen) atoms. The molecule has 0 saturated heterocycles. The number of hydrogen-bond donors (Lipinski definition) is 2. The number of aliphatic hydroxyl groups excluding tert-OH is 1. The van der Waals surface area contributed by atoms with Crippen LogP contribution < -0.4 is 9.47 Å². The minimum absolute atomic E-state index is 0.0355. The van der Waals surface area contributed by atoms with Crippen LogP contribution in [0.1, 0.15) is 168 Å². The molecule has 10 aliphatic rings. The molecule has 0 unspecified atom stereocenters. The Morgan fingerprint density at radius 1 is 0.672 bits per heavy atom. The maximum absolute atomic E-state index is 14.8. The Hall–Kier alpha value is -3.62. The van der Waals surface area contributed by atoms with Crippen LogP contribution in [0.4, 0.5) is 0 Å². The van der Waals surface area contributed by atoms with Crippen molar-refractivity contribution >= 4 is 23.1 Å². The van der Waals surface area contributed by atoms with Crippen LogP contribution in [0.3, 0.4) is 0 Å². The fraction of sp³-hybridized carbons (Fsp3) is 0.679. The first kappa shape index (κ1) is 43.0. The van der Waals surface area contributed by atoms with Gasteiger partial charge in [-0.25, -0.2) is 0 Å². The van der Waals surface area contributed by atoms with Crippen LogP contribution in [0.2, 0.25) is 0 Å². The van der Waals surface area contributed by atoms with E-state index in [1.165, 1.54) is 5.57 Å². The minimum Gasteiger partial charge on any atom is -0.471 e. The summed E-state index contributed by atoms with van der Waals surface area (Å²) in [4.78, 5) is 55.9. The molecule has 0 aromatic heterocycles. The zero-order chi connectivity index (χ0) is 46.1. The number of hydrogen-bond acceptors (Lipinski definition) is 8. The zero-order valence-corrected chi connectivity index (χ0v) is 40.4. The van der Waals surface area contributed by atoms with Gasteiger partial charge in [0, 0.05) is 51.2 Å². The lowest BCUT2D eigenvalue weighted by Gasteiger charge is -2.70. The van der Waals surface area contributed by atoms with Crippen molar-refractivity contribution in [2.45, 2.75) is 177 Å². The molecule has 0 radical (unpaired) electrons. The topological polar surface area (TPSA) is 127 Å². The highest BCUT2D eigenvalue weighted by Gasteiger charge is 2.72. The number of carbonyl (C=O) groups excluding carboxylic acids is 4. The second-order valence-electron chi connectivity index (χ2n) is 25.3. The van der Waals surface area contributed by atoms with Crippen molar-refractivity contribution in [3.63, 3.8) is 0 Å². The highest BCUT2D eigenvalue weighted by Crippen LogP contribution is 2.77. The number of rotatable bonds is 0. The molecule has 0 bridgehead atoms. The summed E-state index contributed by atoms with van der Waals surface area (Å²) in [7, 11) is 0. The molecule has 342 valence electrons. The Kier molecular flexibility index (Phi) is 8.25. The van der Waals surface area contributed by atoms with Crippen LogP contribution in [-0.4, -0.2) is 50.8 Å². The first-order valence-corrected chi connectivity index (χ1v) is 24.6. The van der Waals surface area contributed by atoms with E-state index in [1.54, 1.807) is 13.0 Å². The molecule has 1 aliphatic heterocycles. The van der Waals surface area contributed by atoms with Crippen molar-refractivity contribution in [1.29, 1.82) is 0 Å². The Morgan fingerprint density at radius 2 is 1.30 bits per heavy atom. The molecule has 0 amide bonds. The number of carbonyl (C=O) groups is 4. The number of ketones is 4. The lowest BCUT2D eigenvalue weighted by atomic mass is 9.34. The number of benzene rings is 1. The average Bonchev–Trinajstić information content (AvgIpc) is 3.23. The third kappa shape index (κ3) is 4.56. The SMILES string of the molecule is Cc1c2c(cc3c1C(=O)C=C1[C@@]3(C)CC[C@@]3(C)[C@H]4C[C@@H](C)C(=O)C[C@]4(C)CC[C@]13C)O[C@]1(O)C(=O)C=C3C(=CC=C4[C@@]3(C)CC[C@@]3(C)[C@@H]5C[C@@H](C)C(=O)[C@@H](O)[C@]5(C)CC[C@]43C)[C@]1(C)O2. The molecule has 1 heterocycles. The van der Waals surface area contributed by atoms with Crippen molar-refractivity contribution < 1.29 is 38.9 Å². The summed E-state index contributed by atoms with van der Waals surface area (Å²) in [6.07, 6.45) is 15.9. The van der Waals surface area contributed by atoms with Gasteiger partial charge in [0.15, 0.2) is 23.1 Å². The maximum atomic E-state index is 14.8. The monoisotopic (exact) mass is 871 g/mol. The van der Waals surface area contributed by atoms with Crippen LogP contribution in [0.25, 0.3) is 0 Å². The quantitative estimate of drug-likeness (QED) is 0.264. The number of fused-ring (bicyclic) bond motifs is 17. The van der Waals surface area contributed by atoms with E-state index in [-0.39, 0.29) is 62.1 Å². The largest absolute Gasteiger partial charge is 0.471 e. The van der Waals surface area contributed by atoms with Crippen molar-refractivity contribution in [3.8, 4) is 11.5 Å². The van der Waals surface area contributed by atoms with Crippen LogP contribution in [0.15, 0.2) is 52.7 Å². The molecule has 15 atom stereocenters. The Balaban J connectivity index is 0.985. The lowest BCUT2D eigenvalue weighted by Crippen LogP contribution is -2.70. The van der Waals surface area contributed by atoms with E-state index in [2.05, 4.69) is 68.4 Å². The number of allylic oxidation sites excluding steroid dienone is 5. The minimum atomic E-state index is -2.36.